The maximum Gasteiger partial charge on any atom is 0.143 e. The predicted molar refractivity (Wildman–Crippen MR) is 117 cm³/mol. The summed E-state index contributed by atoms with van der Waals surface area (Å²) in [5.41, 5.74) is 2.59. The first-order valence-corrected chi connectivity index (χ1v) is 10.3. The summed E-state index contributed by atoms with van der Waals surface area (Å²) in [6.45, 7) is 0.895. The van der Waals surface area contributed by atoms with Crippen molar-refractivity contribution in [3.63, 3.8) is 0 Å². The molecule has 0 aliphatic rings. The number of unbranched alkanes of at least 4 members (excludes halogenated alkanes) is 3. The maximum absolute atomic E-state index is 9.00. The number of benzene rings is 3. The van der Waals surface area contributed by atoms with E-state index < -0.39 is 5.60 Å². The Morgan fingerprint density at radius 1 is 0.655 bits per heavy atom. The number of methoxy groups -OCH3 is 1. The van der Waals surface area contributed by atoms with Crippen molar-refractivity contribution in [1.82, 2.24) is 0 Å². The molecule has 0 saturated heterocycles. The summed E-state index contributed by atoms with van der Waals surface area (Å²) in [5, 5.41) is 9.00. The monoisotopic (exact) mass is 390 g/mol. The van der Waals surface area contributed by atoms with Crippen molar-refractivity contribution < 1.29 is 14.6 Å². The summed E-state index contributed by atoms with van der Waals surface area (Å²) in [7, 11) is 1.68. The number of ether oxygens (including phenoxy) is 2. The third-order valence-electron chi connectivity index (χ3n) is 5.23. The van der Waals surface area contributed by atoms with Gasteiger partial charge in [-0.05, 0) is 41.7 Å². The molecule has 3 aromatic carbocycles. The molecule has 0 aromatic heterocycles. The highest BCUT2D eigenvalue weighted by molar-refractivity contribution is 5.48. The van der Waals surface area contributed by atoms with Gasteiger partial charge in [0.25, 0.3) is 0 Å². The highest BCUT2D eigenvalue weighted by Crippen LogP contribution is 2.41. The molecule has 29 heavy (non-hydrogen) atoms. The van der Waals surface area contributed by atoms with Crippen LogP contribution in [0, 0.1) is 0 Å². The minimum Gasteiger partial charge on any atom is -0.497 e. The summed E-state index contributed by atoms with van der Waals surface area (Å²) in [6, 6.07) is 28.9. The Bertz CT molecular complexity index is 789. The highest BCUT2D eigenvalue weighted by atomic mass is 16.5. The molecule has 0 aliphatic heterocycles. The first-order chi connectivity index (χ1) is 14.3. The van der Waals surface area contributed by atoms with Crippen LogP contribution < -0.4 is 4.74 Å². The molecule has 0 saturated carbocycles. The first-order valence-electron chi connectivity index (χ1n) is 10.3. The van der Waals surface area contributed by atoms with Gasteiger partial charge in [-0.1, -0.05) is 85.6 Å². The average molecular weight is 391 g/mol. The van der Waals surface area contributed by atoms with Gasteiger partial charge >= 0.3 is 0 Å². The molecule has 3 nitrogen and oxygen atoms in total. The Hall–Kier alpha value is -2.62. The van der Waals surface area contributed by atoms with Crippen molar-refractivity contribution >= 4 is 0 Å². The largest absolute Gasteiger partial charge is 0.497 e. The van der Waals surface area contributed by atoms with E-state index in [-0.39, 0.29) is 6.61 Å². The quantitative estimate of drug-likeness (QED) is 0.344. The van der Waals surface area contributed by atoms with Crippen LogP contribution in [0.3, 0.4) is 0 Å². The van der Waals surface area contributed by atoms with Gasteiger partial charge in [-0.3, -0.25) is 0 Å². The van der Waals surface area contributed by atoms with Gasteiger partial charge in [0.1, 0.15) is 11.4 Å². The van der Waals surface area contributed by atoms with Crippen molar-refractivity contribution in [1.29, 1.82) is 0 Å². The van der Waals surface area contributed by atoms with Gasteiger partial charge in [-0.15, -0.1) is 0 Å². The minimum absolute atomic E-state index is 0.255. The SMILES string of the molecule is COc1ccc(C(OCCCCCCO)(c2ccccc2)c2ccccc2)cc1. The van der Waals surface area contributed by atoms with Crippen LogP contribution in [-0.2, 0) is 10.3 Å². The van der Waals surface area contributed by atoms with Crippen molar-refractivity contribution in [2.75, 3.05) is 20.3 Å². The zero-order chi connectivity index (χ0) is 20.4. The van der Waals surface area contributed by atoms with Crippen molar-refractivity contribution in [3.05, 3.63) is 102 Å². The molecule has 0 atom stereocenters. The summed E-state index contributed by atoms with van der Waals surface area (Å²) >= 11 is 0. The molecule has 0 unspecified atom stereocenters. The Balaban J connectivity index is 2.01. The molecule has 0 heterocycles. The van der Waals surface area contributed by atoms with Crippen LogP contribution in [0.15, 0.2) is 84.9 Å². The van der Waals surface area contributed by atoms with E-state index in [9.17, 15) is 0 Å². The molecule has 152 valence electrons. The molecule has 3 rings (SSSR count). The van der Waals surface area contributed by atoms with E-state index in [4.69, 9.17) is 14.6 Å². The van der Waals surface area contributed by atoms with Gasteiger partial charge < -0.3 is 14.6 Å². The maximum atomic E-state index is 9.00. The second kappa shape index (κ2) is 10.8. The lowest BCUT2D eigenvalue weighted by Crippen LogP contribution is -2.33. The van der Waals surface area contributed by atoms with E-state index in [1.54, 1.807) is 7.11 Å². The standard InChI is InChI=1S/C26H30O3/c1-28-25-18-16-24(17-19-25)26(22-12-6-4-7-13-22,23-14-8-5-9-15-23)29-21-11-3-2-10-20-27/h4-9,12-19,27H,2-3,10-11,20-21H2,1H3. The van der Waals surface area contributed by atoms with Gasteiger partial charge in [-0.2, -0.15) is 0 Å². The van der Waals surface area contributed by atoms with Gasteiger partial charge in [0.2, 0.25) is 0 Å². The molecule has 0 amide bonds. The fraction of sp³-hybridized carbons (Fsp3) is 0.308. The summed E-state index contributed by atoms with van der Waals surface area (Å²) in [4.78, 5) is 0. The molecular weight excluding hydrogens is 360 g/mol. The number of aliphatic hydroxyl groups is 1. The summed E-state index contributed by atoms with van der Waals surface area (Å²) < 4.78 is 12.1. The second-order valence-corrected chi connectivity index (χ2v) is 7.13. The Morgan fingerprint density at radius 3 is 1.69 bits per heavy atom. The van der Waals surface area contributed by atoms with Crippen molar-refractivity contribution in [2.24, 2.45) is 0 Å². The average Bonchev–Trinajstić information content (AvgIpc) is 2.80. The molecule has 0 fully saturated rings. The molecular formula is C26H30O3. The van der Waals surface area contributed by atoms with Crippen LogP contribution in [-0.4, -0.2) is 25.4 Å². The molecule has 0 aliphatic carbocycles. The molecule has 0 bridgehead atoms. The van der Waals surface area contributed by atoms with Crippen LogP contribution in [0.5, 0.6) is 5.75 Å². The van der Waals surface area contributed by atoms with Crippen LogP contribution in [0.2, 0.25) is 0 Å². The summed E-state index contributed by atoms with van der Waals surface area (Å²) in [5.74, 6) is 0.827. The second-order valence-electron chi connectivity index (χ2n) is 7.13. The zero-order valence-corrected chi connectivity index (χ0v) is 17.1. The topological polar surface area (TPSA) is 38.7 Å². The lowest BCUT2D eigenvalue weighted by atomic mass is 9.80. The smallest absolute Gasteiger partial charge is 0.143 e. The van der Waals surface area contributed by atoms with E-state index in [0.29, 0.717) is 6.61 Å². The first kappa shape index (κ1) is 21.1. The van der Waals surface area contributed by atoms with Gasteiger partial charge in [-0.25, -0.2) is 0 Å². The summed E-state index contributed by atoms with van der Waals surface area (Å²) in [6.07, 6.45) is 3.87. The minimum atomic E-state index is -0.689. The van der Waals surface area contributed by atoms with Crippen LogP contribution in [0.25, 0.3) is 0 Å². The predicted octanol–water partition coefficient (Wildman–Crippen LogP) is 5.56. The fourth-order valence-electron chi connectivity index (χ4n) is 3.71. The number of hydrogen-bond donors (Lipinski definition) is 1. The molecule has 3 heteroatoms. The van der Waals surface area contributed by atoms with Crippen LogP contribution in [0.1, 0.15) is 42.4 Å². The molecule has 3 aromatic rings. The Morgan fingerprint density at radius 2 is 1.17 bits per heavy atom. The van der Waals surface area contributed by atoms with Gasteiger partial charge in [0, 0.05) is 13.2 Å². The number of aliphatic hydroxyl groups excluding tert-OH is 1. The van der Waals surface area contributed by atoms with Crippen LogP contribution >= 0.6 is 0 Å². The molecule has 1 N–H and O–H groups in total. The molecule has 0 radical (unpaired) electrons. The number of hydrogen-bond acceptors (Lipinski definition) is 3. The lowest BCUT2D eigenvalue weighted by molar-refractivity contribution is 0.0105. The number of rotatable bonds is 11. The van der Waals surface area contributed by atoms with E-state index in [1.807, 2.05) is 24.3 Å². The van der Waals surface area contributed by atoms with Gasteiger partial charge in [0.05, 0.1) is 7.11 Å². The van der Waals surface area contributed by atoms with Crippen LogP contribution in [0.4, 0.5) is 0 Å². The van der Waals surface area contributed by atoms with E-state index in [0.717, 1.165) is 48.1 Å². The highest BCUT2D eigenvalue weighted by Gasteiger charge is 2.37. The third kappa shape index (κ3) is 5.06. The fourth-order valence-corrected chi connectivity index (χ4v) is 3.71. The third-order valence-corrected chi connectivity index (χ3v) is 5.23. The Labute approximate surface area is 173 Å². The normalized spacial score (nSPS) is 11.4. The van der Waals surface area contributed by atoms with Crippen molar-refractivity contribution in [2.45, 2.75) is 31.3 Å². The Kier molecular flexibility index (Phi) is 7.85. The van der Waals surface area contributed by atoms with E-state index >= 15 is 0 Å². The van der Waals surface area contributed by atoms with E-state index in [1.165, 1.54) is 0 Å². The molecule has 0 spiro atoms. The van der Waals surface area contributed by atoms with Crippen molar-refractivity contribution in [3.8, 4) is 5.75 Å². The lowest BCUT2D eigenvalue weighted by Gasteiger charge is -2.36. The van der Waals surface area contributed by atoms with E-state index in [2.05, 4.69) is 60.7 Å². The zero-order valence-electron chi connectivity index (χ0n) is 17.1. The van der Waals surface area contributed by atoms with Gasteiger partial charge in [0.15, 0.2) is 0 Å².